The van der Waals surface area contributed by atoms with Gasteiger partial charge in [-0.05, 0) is 63.2 Å². The predicted molar refractivity (Wildman–Crippen MR) is 427 cm³/mol. The highest BCUT2D eigenvalue weighted by molar-refractivity contribution is 7.47. The molecule has 0 aromatic heterocycles. The lowest BCUT2D eigenvalue weighted by Gasteiger charge is -2.21. The van der Waals surface area contributed by atoms with Crippen LogP contribution in [0.1, 0.15) is 427 Å². The van der Waals surface area contributed by atoms with E-state index in [1.165, 1.54) is 231 Å². The molecule has 0 aliphatic heterocycles. The van der Waals surface area contributed by atoms with Gasteiger partial charge < -0.3 is 33.8 Å². The highest BCUT2D eigenvalue weighted by Crippen LogP contribution is 2.45. The lowest BCUT2D eigenvalue weighted by Crippen LogP contribution is -2.30. The Hall–Kier alpha value is -2.46. The average Bonchev–Trinajstić information content (AvgIpc) is 0.904. The summed E-state index contributed by atoms with van der Waals surface area (Å²) in [5, 5.41) is 10.7. The minimum Gasteiger partial charge on any atom is -0.462 e. The Morgan fingerprint density at radius 2 is 0.519 bits per heavy atom. The Kier molecular flexibility index (Phi) is 74.1. The van der Waals surface area contributed by atoms with Crippen LogP contribution in [0.15, 0.2) is 24.3 Å². The van der Waals surface area contributed by atoms with Crippen molar-refractivity contribution in [3.8, 4) is 0 Å². The number of aliphatic hydroxyl groups excluding tert-OH is 1. The normalized spacial score (nSPS) is 14.0. The van der Waals surface area contributed by atoms with Crippen molar-refractivity contribution in [2.45, 2.75) is 445 Å². The fraction of sp³-hybridized carbons (Fsp3) is 0.906. The van der Waals surface area contributed by atoms with Gasteiger partial charge in [0.2, 0.25) is 0 Å². The predicted octanol–water partition coefficient (Wildman–Crippen LogP) is 25.4. The van der Waals surface area contributed by atoms with Crippen molar-refractivity contribution < 1.29 is 80.2 Å². The molecule has 0 aliphatic rings. The van der Waals surface area contributed by atoms with Crippen LogP contribution < -0.4 is 0 Å². The van der Waals surface area contributed by atoms with Crippen LogP contribution in [-0.2, 0) is 65.4 Å². The Bertz CT molecular complexity index is 2090. The van der Waals surface area contributed by atoms with E-state index in [2.05, 4.69) is 65.8 Å². The number of phosphoric ester groups is 2. The van der Waals surface area contributed by atoms with Crippen LogP contribution in [0.4, 0.5) is 0 Å². The van der Waals surface area contributed by atoms with E-state index in [9.17, 15) is 43.2 Å². The summed E-state index contributed by atoms with van der Waals surface area (Å²) in [5.41, 5.74) is 0. The number of esters is 4. The summed E-state index contributed by atoms with van der Waals surface area (Å²) in [4.78, 5) is 73.2. The monoisotopic (exact) mass is 1520 g/mol. The Balaban J connectivity index is 5.29. The molecule has 0 amide bonds. The van der Waals surface area contributed by atoms with Gasteiger partial charge in [-0.2, -0.15) is 0 Å². The van der Waals surface area contributed by atoms with E-state index >= 15 is 0 Å². The number of carbonyl (C=O) groups excluding carboxylic acids is 4. The number of aliphatic hydroxyl groups is 1. The van der Waals surface area contributed by atoms with Crippen molar-refractivity contribution in [2.24, 2.45) is 11.8 Å². The van der Waals surface area contributed by atoms with Crippen LogP contribution in [0, 0.1) is 11.8 Å². The first-order valence-corrected chi connectivity index (χ1v) is 46.3. The maximum atomic E-state index is 13.1. The van der Waals surface area contributed by atoms with Gasteiger partial charge in [0.15, 0.2) is 12.2 Å². The van der Waals surface area contributed by atoms with Gasteiger partial charge in [0.05, 0.1) is 26.4 Å². The summed E-state index contributed by atoms with van der Waals surface area (Å²) in [6.45, 7) is 9.61. The largest absolute Gasteiger partial charge is 0.472 e. The van der Waals surface area contributed by atoms with Crippen molar-refractivity contribution >= 4 is 39.5 Å². The summed E-state index contributed by atoms with van der Waals surface area (Å²) in [5.74, 6) is -0.585. The molecule has 2 unspecified atom stereocenters. The van der Waals surface area contributed by atoms with E-state index in [0.717, 1.165) is 115 Å². The van der Waals surface area contributed by atoms with E-state index in [1.807, 2.05) is 0 Å². The van der Waals surface area contributed by atoms with E-state index in [0.29, 0.717) is 25.7 Å². The summed E-state index contributed by atoms with van der Waals surface area (Å²) >= 11 is 0. The highest BCUT2D eigenvalue weighted by Gasteiger charge is 2.30. The van der Waals surface area contributed by atoms with Crippen LogP contribution in [0.5, 0.6) is 0 Å². The minimum absolute atomic E-state index is 0.0849. The molecule has 3 N–H and O–H groups in total. The number of hydrogen-bond acceptors (Lipinski definition) is 15. The number of phosphoric acid groups is 2. The van der Waals surface area contributed by atoms with Gasteiger partial charge in [-0.1, -0.05) is 374 Å². The molecular weight excluding hydrogens is 1350 g/mol. The number of hydrogen-bond donors (Lipinski definition) is 3. The third-order valence-corrected chi connectivity index (χ3v) is 21.2. The van der Waals surface area contributed by atoms with E-state index in [4.69, 9.17) is 37.0 Å². The van der Waals surface area contributed by atoms with E-state index in [1.54, 1.807) is 0 Å². The second-order valence-electron chi connectivity index (χ2n) is 30.8. The summed E-state index contributed by atoms with van der Waals surface area (Å²) in [6.07, 6.45) is 70.2. The summed E-state index contributed by atoms with van der Waals surface area (Å²) in [7, 11) is -9.94. The zero-order valence-electron chi connectivity index (χ0n) is 67.8. The zero-order valence-corrected chi connectivity index (χ0v) is 69.6. The maximum absolute atomic E-state index is 13.1. The number of unbranched alkanes of at least 4 members (excludes halogenated alkanes) is 49. The van der Waals surface area contributed by atoms with Gasteiger partial charge in [-0.15, -0.1) is 0 Å². The molecule has 614 valence electrons. The lowest BCUT2D eigenvalue weighted by atomic mass is 10.0. The fourth-order valence-corrected chi connectivity index (χ4v) is 14.3. The molecular formula is C85H162O17P2. The van der Waals surface area contributed by atoms with Crippen molar-refractivity contribution in [2.75, 3.05) is 39.6 Å². The molecule has 0 spiro atoms. The van der Waals surface area contributed by atoms with Crippen LogP contribution in [0.25, 0.3) is 0 Å². The quantitative estimate of drug-likeness (QED) is 0.0169. The third-order valence-electron chi connectivity index (χ3n) is 19.3. The maximum Gasteiger partial charge on any atom is 0.472 e. The van der Waals surface area contributed by atoms with Crippen molar-refractivity contribution in [3.63, 3.8) is 0 Å². The van der Waals surface area contributed by atoms with Gasteiger partial charge >= 0.3 is 39.5 Å². The van der Waals surface area contributed by atoms with Crippen LogP contribution >= 0.6 is 15.6 Å². The molecule has 0 radical (unpaired) electrons. The summed E-state index contributed by atoms with van der Waals surface area (Å²) in [6, 6.07) is 0. The summed E-state index contributed by atoms with van der Waals surface area (Å²) < 4.78 is 68.8. The van der Waals surface area contributed by atoms with Crippen molar-refractivity contribution in [1.82, 2.24) is 0 Å². The molecule has 0 fully saturated rings. The van der Waals surface area contributed by atoms with Crippen molar-refractivity contribution in [1.29, 1.82) is 0 Å². The first-order chi connectivity index (χ1) is 50.4. The molecule has 0 heterocycles. The molecule has 0 rings (SSSR count). The average molecular weight is 1520 g/mol. The van der Waals surface area contributed by atoms with E-state index in [-0.39, 0.29) is 25.7 Å². The Morgan fingerprint density at radius 1 is 0.298 bits per heavy atom. The smallest absolute Gasteiger partial charge is 0.462 e. The fourth-order valence-electron chi connectivity index (χ4n) is 12.7. The lowest BCUT2D eigenvalue weighted by molar-refractivity contribution is -0.161. The third kappa shape index (κ3) is 77.7. The number of ether oxygens (including phenoxy) is 4. The Morgan fingerprint density at radius 3 is 0.788 bits per heavy atom. The molecule has 0 saturated carbocycles. The molecule has 0 aromatic carbocycles. The minimum atomic E-state index is -4.97. The molecule has 104 heavy (non-hydrogen) atoms. The van der Waals surface area contributed by atoms with Gasteiger partial charge in [0, 0.05) is 25.7 Å². The van der Waals surface area contributed by atoms with Gasteiger partial charge in [-0.25, -0.2) is 9.13 Å². The SMILES string of the molecule is CCCCCC/C=C\C=C/CCCCCCCC(=O)O[C@H](COC(=O)CCCCCCCCCCCC(C)C)COP(=O)(O)OC[C@H](O)COP(=O)(O)OC[C@@H](COC(=O)CCCCCCCCCCCCCCCCCCCC)OC(=O)CCCCCCCCCCCCCCCCCCC(C)C. The molecule has 19 heteroatoms. The molecule has 17 nitrogen and oxygen atoms in total. The topological polar surface area (TPSA) is 237 Å². The van der Waals surface area contributed by atoms with Crippen LogP contribution in [0.3, 0.4) is 0 Å². The zero-order chi connectivity index (χ0) is 76.4. The molecule has 0 aromatic rings. The van der Waals surface area contributed by atoms with Gasteiger partial charge in [-0.3, -0.25) is 37.3 Å². The van der Waals surface area contributed by atoms with Crippen LogP contribution in [-0.4, -0.2) is 96.7 Å². The van der Waals surface area contributed by atoms with E-state index < -0.39 is 97.5 Å². The Labute approximate surface area is 637 Å². The van der Waals surface area contributed by atoms with Gasteiger partial charge in [0.25, 0.3) is 0 Å². The molecule has 0 aliphatic carbocycles. The first-order valence-electron chi connectivity index (χ1n) is 43.3. The standard InChI is InChI=1S/C85H162O17P2/c1-7-9-11-13-15-17-19-21-23-24-25-30-33-37-43-49-55-61-67-82(87)95-73-80(101-85(90)70-64-58-52-45-39-35-31-27-26-29-32-36-41-47-53-59-65-77(3)4)75-99-103(91,92)97-71-79(86)72-98-104(93,94)100-76-81(74-96-83(88)68-62-56-50-46-40-42-48-54-60-66-78(5)6)102-84(89)69-63-57-51-44-38-34-28-22-20-18-16-14-12-10-8-2/h18,20,22,28,77-81,86H,7-17,19,21,23-27,29-76H2,1-6H3,(H,91,92)(H,93,94)/b20-18-,28-22-/t79-,80-,81-/m1/s1. The number of allylic oxidation sites excluding steroid dienone is 4. The second kappa shape index (κ2) is 75.9. The van der Waals surface area contributed by atoms with Gasteiger partial charge in [0.1, 0.15) is 19.3 Å². The number of rotatable bonds is 82. The molecule has 0 bridgehead atoms. The highest BCUT2D eigenvalue weighted by atomic mass is 31.2. The molecule has 5 atom stereocenters. The second-order valence-corrected chi connectivity index (χ2v) is 33.7. The van der Waals surface area contributed by atoms with Crippen LogP contribution in [0.2, 0.25) is 0 Å². The first kappa shape index (κ1) is 102. The number of carbonyl (C=O) groups is 4. The molecule has 0 saturated heterocycles. The van der Waals surface area contributed by atoms with Crippen molar-refractivity contribution in [3.05, 3.63) is 24.3 Å².